The molecule has 0 aliphatic rings. The molecule has 0 radical (unpaired) electrons. The molecule has 4 aromatic carbocycles. The van der Waals surface area contributed by atoms with Gasteiger partial charge < -0.3 is 0 Å². The van der Waals surface area contributed by atoms with Crippen molar-refractivity contribution in [1.29, 1.82) is 0 Å². The van der Waals surface area contributed by atoms with Gasteiger partial charge in [0.05, 0.1) is 16.4 Å². The van der Waals surface area contributed by atoms with Crippen LogP contribution in [0.15, 0.2) is 102 Å². The first kappa shape index (κ1) is 16.0. The Morgan fingerprint density at radius 3 is 2.03 bits per heavy atom. The lowest BCUT2D eigenvalue weighted by Crippen LogP contribution is -2.11. The van der Waals surface area contributed by atoms with Crippen LogP contribution in [0.3, 0.4) is 0 Å². The van der Waals surface area contributed by atoms with E-state index in [2.05, 4.69) is 57.9 Å². The molecule has 0 N–H and O–H groups in total. The van der Waals surface area contributed by atoms with Crippen LogP contribution < -0.4 is 5.56 Å². The zero-order chi connectivity index (χ0) is 19.4. The molecule has 0 saturated heterocycles. The summed E-state index contributed by atoms with van der Waals surface area (Å²) in [6.45, 7) is 0. The van der Waals surface area contributed by atoms with Crippen LogP contribution in [0, 0.1) is 0 Å². The molecule has 0 bridgehead atoms. The Bertz CT molecular complexity index is 1620. The fraction of sp³-hybridized carbons (Fsp3) is 0. The van der Waals surface area contributed by atoms with Crippen molar-refractivity contribution in [2.45, 2.75) is 0 Å². The molecule has 0 unspecified atom stereocenters. The minimum atomic E-state index is -0.189. The molecule has 0 amide bonds. The first-order valence-electron chi connectivity index (χ1n) is 9.63. The van der Waals surface area contributed by atoms with Crippen molar-refractivity contribution in [2.24, 2.45) is 0 Å². The molecule has 136 valence electrons. The molecule has 3 nitrogen and oxygen atoms in total. The molecule has 29 heavy (non-hydrogen) atoms. The highest BCUT2D eigenvalue weighted by molar-refractivity contribution is 6.13. The molecule has 0 aliphatic heterocycles. The van der Waals surface area contributed by atoms with Crippen LogP contribution in [-0.2, 0) is 0 Å². The number of fused-ring (bicyclic) bond motifs is 8. The molecular formula is C26H16N2O. The van der Waals surface area contributed by atoms with Crippen molar-refractivity contribution in [3.8, 4) is 11.1 Å². The molecule has 3 heteroatoms. The summed E-state index contributed by atoms with van der Waals surface area (Å²) in [5.41, 5.74) is 4.78. The molecule has 0 aliphatic carbocycles. The molecule has 6 aromatic rings. The van der Waals surface area contributed by atoms with Gasteiger partial charge >= 0.3 is 0 Å². The number of hydrogen-bond acceptors (Lipinski definition) is 2. The van der Waals surface area contributed by atoms with Gasteiger partial charge in [-0.3, -0.25) is 9.20 Å². The first-order chi connectivity index (χ1) is 14.3. The third kappa shape index (κ3) is 2.31. The Morgan fingerprint density at radius 1 is 0.552 bits per heavy atom. The second-order valence-corrected chi connectivity index (χ2v) is 7.24. The molecule has 0 saturated carbocycles. The maximum absolute atomic E-state index is 12.7. The smallest absolute Gasteiger partial charge is 0.281 e. The van der Waals surface area contributed by atoms with E-state index in [1.807, 2.05) is 48.5 Å². The van der Waals surface area contributed by atoms with Crippen molar-refractivity contribution < 1.29 is 0 Å². The van der Waals surface area contributed by atoms with Gasteiger partial charge in [-0.05, 0) is 40.8 Å². The predicted octanol–water partition coefficient (Wildman–Crippen LogP) is 5.82. The van der Waals surface area contributed by atoms with Crippen molar-refractivity contribution in [1.82, 2.24) is 9.38 Å². The minimum Gasteiger partial charge on any atom is -0.293 e. The minimum absolute atomic E-state index is 0.189. The van der Waals surface area contributed by atoms with Gasteiger partial charge in [-0.15, -0.1) is 0 Å². The highest BCUT2D eigenvalue weighted by Gasteiger charge is 2.13. The van der Waals surface area contributed by atoms with Crippen LogP contribution >= 0.6 is 0 Å². The zero-order valence-corrected chi connectivity index (χ0v) is 15.5. The van der Waals surface area contributed by atoms with Crippen molar-refractivity contribution in [2.75, 3.05) is 0 Å². The lowest BCUT2D eigenvalue weighted by Gasteiger charge is -2.14. The number of rotatable bonds is 1. The van der Waals surface area contributed by atoms with E-state index >= 15 is 0 Å². The monoisotopic (exact) mass is 372 g/mol. The van der Waals surface area contributed by atoms with Crippen LogP contribution in [0.2, 0.25) is 0 Å². The largest absolute Gasteiger partial charge is 0.293 e. The van der Waals surface area contributed by atoms with E-state index in [4.69, 9.17) is 0 Å². The summed E-state index contributed by atoms with van der Waals surface area (Å²) in [6.07, 6.45) is 0. The summed E-state index contributed by atoms with van der Waals surface area (Å²) in [6, 6.07) is 32.8. The average molecular weight is 372 g/mol. The van der Waals surface area contributed by atoms with Crippen LogP contribution in [0.4, 0.5) is 0 Å². The van der Waals surface area contributed by atoms with E-state index < -0.39 is 0 Å². The summed E-state index contributed by atoms with van der Waals surface area (Å²) >= 11 is 0. The van der Waals surface area contributed by atoms with E-state index in [0.29, 0.717) is 11.0 Å². The fourth-order valence-corrected chi connectivity index (χ4v) is 4.26. The Morgan fingerprint density at radius 2 is 1.21 bits per heavy atom. The van der Waals surface area contributed by atoms with E-state index in [-0.39, 0.29) is 5.56 Å². The summed E-state index contributed by atoms with van der Waals surface area (Å²) in [5, 5.41) is 3.86. The van der Waals surface area contributed by atoms with E-state index in [9.17, 15) is 4.79 Å². The Labute approximate surface area is 166 Å². The number of aromatic nitrogens is 2. The molecule has 0 atom stereocenters. The Hall–Kier alpha value is -3.98. The van der Waals surface area contributed by atoms with Gasteiger partial charge in [0, 0.05) is 10.8 Å². The van der Waals surface area contributed by atoms with Crippen molar-refractivity contribution >= 4 is 38.2 Å². The van der Waals surface area contributed by atoms with E-state index in [1.165, 1.54) is 11.1 Å². The summed E-state index contributed by atoms with van der Waals surface area (Å²) in [7, 11) is 0. The van der Waals surface area contributed by atoms with Crippen LogP contribution in [0.1, 0.15) is 0 Å². The van der Waals surface area contributed by atoms with Gasteiger partial charge in [0.15, 0.2) is 0 Å². The van der Waals surface area contributed by atoms with Gasteiger partial charge in [0.2, 0.25) is 0 Å². The van der Waals surface area contributed by atoms with Crippen molar-refractivity contribution in [3.63, 3.8) is 0 Å². The number of nitrogens with zero attached hydrogens (tertiary/aromatic N) is 2. The molecule has 0 spiro atoms. The molecule has 6 rings (SSSR count). The van der Waals surface area contributed by atoms with Gasteiger partial charge in [-0.1, -0.05) is 72.8 Å². The quantitative estimate of drug-likeness (QED) is 0.341. The summed E-state index contributed by atoms with van der Waals surface area (Å²) in [5.74, 6) is 0. The van der Waals surface area contributed by atoms with Gasteiger partial charge in [0.1, 0.15) is 5.65 Å². The highest BCUT2D eigenvalue weighted by Crippen LogP contribution is 2.33. The number of benzene rings is 4. The lowest BCUT2D eigenvalue weighted by molar-refractivity contribution is 1.19. The first-order valence-corrected chi connectivity index (χ1v) is 9.63. The summed E-state index contributed by atoms with van der Waals surface area (Å²) in [4.78, 5) is 17.2. The van der Waals surface area contributed by atoms with Gasteiger partial charge in [-0.2, -0.15) is 4.98 Å². The second-order valence-electron chi connectivity index (χ2n) is 7.24. The molecular weight excluding hydrogens is 356 g/mol. The SMILES string of the molecule is O=c1nc2c3ccccc3c3cc(-c4ccccc4)ccc3n2c2ccccc12. The molecule has 0 fully saturated rings. The van der Waals surface area contributed by atoms with E-state index in [0.717, 1.165) is 27.2 Å². The van der Waals surface area contributed by atoms with Gasteiger partial charge in [-0.25, -0.2) is 0 Å². The highest BCUT2D eigenvalue weighted by atomic mass is 16.1. The normalized spacial score (nSPS) is 11.6. The lowest BCUT2D eigenvalue weighted by atomic mass is 9.99. The van der Waals surface area contributed by atoms with E-state index in [1.54, 1.807) is 0 Å². The average Bonchev–Trinajstić information content (AvgIpc) is 2.79. The topological polar surface area (TPSA) is 34.4 Å². The standard InChI is InChI=1S/C26H16N2O/c29-26-21-12-6-7-13-23(21)28-24-15-14-18(17-8-2-1-3-9-17)16-22(24)19-10-4-5-11-20(19)25(28)27-26/h1-16H. The molecule has 2 aromatic heterocycles. The second kappa shape index (κ2) is 6.01. The predicted molar refractivity (Wildman–Crippen MR) is 119 cm³/mol. The number of hydrogen-bond donors (Lipinski definition) is 0. The zero-order valence-electron chi connectivity index (χ0n) is 15.5. The van der Waals surface area contributed by atoms with Gasteiger partial charge in [0.25, 0.3) is 5.56 Å². The van der Waals surface area contributed by atoms with Crippen molar-refractivity contribution in [3.05, 3.63) is 107 Å². The fourth-order valence-electron chi connectivity index (χ4n) is 4.26. The number of pyridine rings is 1. The molecule has 2 heterocycles. The third-order valence-corrected chi connectivity index (χ3v) is 5.60. The Balaban J connectivity index is 1.88. The summed E-state index contributed by atoms with van der Waals surface area (Å²) < 4.78 is 2.11. The Kier molecular flexibility index (Phi) is 3.32. The number of para-hydroxylation sites is 1. The third-order valence-electron chi connectivity index (χ3n) is 5.60. The van der Waals surface area contributed by atoms with Crippen LogP contribution in [0.25, 0.3) is 49.4 Å². The van der Waals surface area contributed by atoms with Crippen LogP contribution in [-0.4, -0.2) is 9.38 Å². The van der Waals surface area contributed by atoms with Crippen LogP contribution in [0.5, 0.6) is 0 Å². The maximum atomic E-state index is 12.7. The maximum Gasteiger partial charge on any atom is 0.281 e.